The molecule has 1 aromatic heterocycles. The van der Waals surface area contributed by atoms with E-state index in [-0.39, 0.29) is 6.04 Å². The fraction of sp³-hybridized carbons (Fsp3) is 0.412. The van der Waals surface area contributed by atoms with E-state index in [9.17, 15) is 9.90 Å². The minimum Gasteiger partial charge on any atom is -0.486 e. The molecule has 1 aromatic carbocycles. The Morgan fingerprint density at radius 1 is 1.39 bits per heavy atom. The van der Waals surface area contributed by atoms with Gasteiger partial charge in [0.1, 0.15) is 24.2 Å². The van der Waals surface area contributed by atoms with Crippen molar-refractivity contribution in [2.75, 3.05) is 6.54 Å². The summed E-state index contributed by atoms with van der Waals surface area (Å²) in [5.74, 6) is 0.931. The minimum atomic E-state index is -0.725. The van der Waals surface area contributed by atoms with Crippen molar-refractivity contribution in [1.82, 2.24) is 14.5 Å². The molecule has 0 bridgehead atoms. The number of ether oxygens (including phenoxy) is 1. The Morgan fingerprint density at radius 2 is 2.17 bits per heavy atom. The van der Waals surface area contributed by atoms with E-state index in [0.717, 1.165) is 36.5 Å². The molecular formula is C17H21N3O3. The molecule has 0 radical (unpaired) electrons. The zero-order chi connectivity index (χ0) is 16.2. The number of aromatic nitrogens is 2. The molecule has 1 aliphatic rings. The van der Waals surface area contributed by atoms with Crippen LogP contribution in [0.2, 0.25) is 0 Å². The number of aryl methyl sites for hydroxylation is 1. The number of rotatable bonds is 6. The van der Waals surface area contributed by atoms with Crippen molar-refractivity contribution in [3.8, 4) is 5.75 Å². The van der Waals surface area contributed by atoms with E-state index in [1.54, 1.807) is 6.20 Å². The summed E-state index contributed by atoms with van der Waals surface area (Å²) < 4.78 is 7.65. The molecule has 0 amide bonds. The number of hydrogen-bond acceptors (Lipinski definition) is 4. The van der Waals surface area contributed by atoms with Gasteiger partial charge in [0.2, 0.25) is 0 Å². The van der Waals surface area contributed by atoms with Crippen LogP contribution in [0.15, 0.2) is 36.7 Å². The van der Waals surface area contributed by atoms with Gasteiger partial charge in [-0.1, -0.05) is 12.1 Å². The van der Waals surface area contributed by atoms with Gasteiger partial charge in [-0.15, -0.1) is 0 Å². The third kappa shape index (κ3) is 3.71. The zero-order valence-corrected chi connectivity index (χ0v) is 13.2. The lowest BCUT2D eigenvalue weighted by molar-refractivity contribution is -0.142. The molecule has 23 heavy (non-hydrogen) atoms. The second-order valence-electron chi connectivity index (χ2n) is 5.85. The fourth-order valence-corrected chi connectivity index (χ4v) is 2.90. The first kappa shape index (κ1) is 15.6. The summed E-state index contributed by atoms with van der Waals surface area (Å²) in [7, 11) is 1.93. The zero-order valence-electron chi connectivity index (χ0n) is 13.2. The number of carboxylic acids is 1. The van der Waals surface area contributed by atoms with Gasteiger partial charge >= 0.3 is 5.97 Å². The van der Waals surface area contributed by atoms with Crippen molar-refractivity contribution in [3.63, 3.8) is 0 Å². The summed E-state index contributed by atoms with van der Waals surface area (Å²) in [6.07, 6.45) is 5.31. The van der Waals surface area contributed by atoms with Gasteiger partial charge in [0, 0.05) is 26.0 Å². The Bertz CT molecular complexity index is 666. The van der Waals surface area contributed by atoms with Gasteiger partial charge in [-0.25, -0.2) is 4.98 Å². The Hall–Kier alpha value is -2.34. The van der Waals surface area contributed by atoms with E-state index in [1.807, 2.05) is 47.0 Å². The van der Waals surface area contributed by atoms with Crippen LogP contribution in [0.5, 0.6) is 5.75 Å². The Kier molecular flexibility index (Phi) is 4.62. The first-order valence-corrected chi connectivity index (χ1v) is 7.78. The summed E-state index contributed by atoms with van der Waals surface area (Å²) in [6.45, 7) is 1.93. The van der Waals surface area contributed by atoms with Crippen LogP contribution in [0.1, 0.15) is 24.2 Å². The van der Waals surface area contributed by atoms with Crippen molar-refractivity contribution >= 4 is 5.97 Å². The first-order chi connectivity index (χ1) is 11.1. The molecule has 6 heteroatoms. The van der Waals surface area contributed by atoms with Crippen molar-refractivity contribution < 1.29 is 14.6 Å². The highest BCUT2D eigenvalue weighted by molar-refractivity contribution is 5.73. The van der Waals surface area contributed by atoms with Crippen LogP contribution in [-0.2, 0) is 25.0 Å². The molecule has 1 fully saturated rings. The minimum absolute atomic E-state index is 0.352. The molecule has 122 valence electrons. The maximum absolute atomic E-state index is 11.2. The molecule has 6 nitrogen and oxygen atoms in total. The average Bonchev–Trinajstić information content (AvgIpc) is 3.16. The molecule has 1 N–H and O–H groups in total. The number of nitrogens with zero attached hydrogens (tertiary/aromatic N) is 3. The lowest BCUT2D eigenvalue weighted by atomic mass is 10.2. The molecule has 0 saturated carbocycles. The maximum atomic E-state index is 11.2. The normalized spacial score (nSPS) is 18.2. The van der Waals surface area contributed by atoms with Crippen molar-refractivity contribution in [2.24, 2.45) is 7.05 Å². The molecule has 1 saturated heterocycles. The van der Waals surface area contributed by atoms with Gasteiger partial charge < -0.3 is 14.4 Å². The standard InChI is InChI=1S/C17H21N3O3/c1-19-10-8-18-16(19)12-23-14-6-4-13(5-7-14)11-20-9-2-3-15(20)17(21)22/h4-8,10,15H,2-3,9,11-12H2,1H3,(H,21,22)/t15-/m0/s1. The SMILES string of the molecule is Cn1ccnc1COc1ccc(CN2CCC[C@H]2C(=O)O)cc1. The van der Waals surface area contributed by atoms with Crippen LogP contribution in [-0.4, -0.2) is 38.1 Å². The fourth-order valence-electron chi connectivity index (χ4n) is 2.90. The maximum Gasteiger partial charge on any atom is 0.320 e. The molecule has 2 heterocycles. The molecule has 1 aliphatic heterocycles. The van der Waals surface area contributed by atoms with Gasteiger partial charge in [-0.05, 0) is 37.1 Å². The lowest BCUT2D eigenvalue weighted by Gasteiger charge is -2.21. The third-order valence-electron chi connectivity index (χ3n) is 4.25. The van der Waals surface area contributed by atoms with Crippen LogP contribution in [0.25, 0.3) is 0 Å². The highest BCUT2D eigenvalue weighted by atomic mass is 16.5. The lowest BCUT2D eigenvalue weighted by Crippen LogP contribution is -2.35. The molecule has 3 rings (SSSR count). The second kappa shape index (κ2) is 6.83. The molecule has 0 aliphatic carbocycles. The van der Waals surface area contributed by atoms with E-state index in [0.29, 0.717) is 13.2 Å². The quantitative estimate of drug-likeness (QED) is 0.883. The number of carboxylic acid groups (broad SMARTS) is 1. The van der Waals surface area contributed by atoms with Crippen LogP contribution < -0.4 is 4.74 Å². The summed E-state index contributed by atoms with van der Waals surface area (Å²) in [4.78, 5) is 17.4. The topological polar surface area (TPSA) is 67.6 Å². The van der Waals surface area contributed by atoms with Crippen molar-refractivity contribution in [1.29, 1.82) is 0 Å². The van der Waals surface area contributed by atoms with Crippen molar-refractivity contribution in [2.45, 2.75) is 32.0 Å². The largest absolute Gasteiger partial charge is 0.486 e. The van der Waals surface area contributed by atoms with Crippen LogP contribution >= 0.6 is 0 Å². The highest BCUT2D eigenvalue weighted by Crippen LogP contribution is 2.21. The second-order valence-corrected chi connectivity index (χ2v) is 5.85. The first-order valence-electron chi connectivity index (χ1n) is 7.78. The molecule has 2 aromatic rings. The number of aliphatic carboxylic acids is 1. The smallest absolute Gasteiger partial charge is 0.320 e. The molecular weight excluding hydrogens is 294 g/mol. The van der Waals surface area contributed by atoms with Gasteiger partial charge in [-0.2, -0.15) is 0 Å². The summed E-state index contributed by atoms with van der Waals surface area (Å²) in [6, 6.07) is 7.47. The van der Waals surface area contributed by atoms with Crippen LogP contribution in [0, 0.1) is 0 Å². The Labute approximate surface area is 135 Å². The Balaban J connectivity index is 1.57. The number of imidazole rings is 1. The van der Waals surface area contributed by atoms with E-state index in [2.05, 4.69) is 4.98 Å². The molecule has 0 unspecified atom stereocenters. The monoisotopic (exact) mass is 315 g/mol. The van der Waals surface area contributed by atoms with E-state index in [4.69, 9.17) is 4.74 Å². The van der Waals surface area contributed by atoms with E-state index >= 15 is 0 Å². The Morgan fingerprint density at radius 3 is 2.83 bits per heavy atom. The number of likely N-dealkylation sites (tertiary alicyclic amines) is 1. The third-order valence-corrected chi connectivity index (χ3v) is 4.25. The van der Waals surface area contributed by atoms with Gasteiger partial charge in [0.15, 0.2) is 0 Å². The summed E-state index contributed by atoms with van der Waals surface area (Å²) >= 11 is 0. The van der Waals surface area contributed by atoms with Crippen molar-refractivity contribution in [3.05, 3.63) is 48.0 Å². The summed E-state index contributed by atoms with van der Waals surface area (Å²) in [5, 5.41) is 9.22. The number of benzene rings is 1. The predicted octanol–water partition coefficient (Wildman–Crippen LogP) is 2.05. The van der Waals surface area contributed by atoms with Crippen LogP contribution in [0.4, 0.5) is 0 Å². The number of carbonyl (C=O) groups is 1. The average molecular weight is 315 g/mol. The van der Waals surface area contributed by atoms with Gasteiger partial charge in [-0.3, -0.25) is 9.69 Å². The highest BCUT2D eigenvalue weighted by Gasteiger charge is 2.30. The van der Waals surface area contributed by atoms with Crippen LogP contribution in [0.3, 0.4) is 0 Å². The predicted molar refractivity (Wildman–Crippen MR) is 85.0 cm³/mol. The number of hydrogen-bond donors (Lipinski definition) is 1. The van der Waals surface area contributed by atoms with E-state index in [1.165, 1.54) is 0 Å². The van der Waals surface area contributed by atoms with E-state index < -0.39 is 5.97 Å². The molecule has 1 atom stereocenters. The van der Waals surface area contributed by atoms with Gasteiger partial charge in [0.25, 0.3) is 0 Å². The molecule has 0 spiro atoms. The van der Waals surface area contributed by atoms with Gasteiger partial charge in [0.05, 0.1) is 0 Å². The summed E-state index contributed by atoms with van der Waals surface area (Å²) in [5.41, 5.74) is 1.10.